The molecule has 0 fully saturated rings. The molecular weight excluding hydrogens is 240 g/mol. The largest absolute Gasteiger partial charge is 0.332 e. The number of nitrogens with two attached hydrogens (primary N) is 1. The van der Waals surface area contributed by atoms with Gasteiger partial charge in [0.25, 0.3) is 10.0 Å². The number of sulfonamides is 1. The molecule has 0 bridgehead atoms. The van der Waals surface area contributed by atoms with Crippen molar-refractivity contribution in [2.45, 2.75) is 38.3 Å². The van der Waals surface area contributed by atoms with Crippen molar-refractivity contribution in [1.82, 2.24) is 14.3 Å². The quantitative estimate of drug-likeness (QED) is 0.777. The standard InChI is InChI=1S/C10H20N4O2S/c1-8(2)14(6-4-5-11)17(15,16)10-7-12-9(3)13-10/h7-8H,4-6,11H2,1-3H3,(H,12,13). The fourth-order valence-corrected chi connectivity index (χ4v) is 3.20. The van der Waals surface area contributed by atoms with Crippen LogP contribution in [0.2, 0.25) is 0 Å². The minimum Gasteiger partial charge on any atom is -0.332 e. The molecule has 1 aromatic rings. The molecule has 7 heteroatoms. The third-order valence-corrected chi connectivity index (χ3v) is 4.41. The van der Waals surface area contributed by atoms with E-state index in [0.29, 0.717) is 25.3 Å². The van der Waals surface area contributed by atoms with Gasteiger partial charge in [-0.25, -0.2) is 13.4 Å². The fraction of sp³-hybridized carbons (Fsp3) is 0.700. The number of nitrogens with zero attached hydrogens (tertiary/aromatic N) is 2. The van der Waals surface area contributed by atoms with Gasteiger partial charge in [-0.3, -0.25) is 0 Å². The zero-order valence-corrected chi connectivity index (χ0v) is 11.3. The number of H-pyrrole nitrogens is 1. The maximum Gasteiger partial charge on any atom is 0.260 e. The summed E-state index contributed by atoms with van der Waals surface area (Å²) in [5.41, 5.74) is 5.42. The summed E-state index contributed by atoms with van der Waals surface area (Å²) in [4.78, 5) is 6.67. The summed E-state index contributed by atoms with van der Waals surface area (Å²) in [6.45, 7) is 6.31. The SMILES string of the molecule is Cc1ncc(S(=O)(=O)N(CCCN)C(C)C)[nH]1. The van der Waals surface area contributed by atoms with Crippen molar-refractivity contribution >= 4 is 10.0 Å². The van der Waals surface area contributed by atoms with E-state index in [9.17, 15) is 8.42 Å². The molecule has 0 amide bonds. The van der Waals surface area contributed by atoms with Crippen molar-refractivity contribution in [3.8, 4) is 0 Å². The van der Waals surface area contributed by atoms with Crippen LogP contribution >= 0.6 is 0 Å². The summed E-state index contributed by atoms with van der Waals surface area (Å²) in [6.07, 6.45) is 1.99. The van der Waals surface area contributed by atoms with Gasteiger partial charge < -0.3 is 10.7 Å². The maximum atomic E-state index is 12.3. The Bertz CT molecular complexity index is 453. The van der Waals surface area contributed by atoms with E-state index >= 15 is 0 Å². The molecule has 17 heavy (non-hydrogen) atoms. The van der Waals surface area contributed by atoms with Crippen LogP contribution in [-0.2, 0) is 10.0 Å². The summed E-state index contributed by atoms with van der Waals surface area (Å²) in [5.74, 6) is 0.589. The Kier molecular flexibility index (Phi) is 4.67. The van der Waals surface area contributed by atoms with Crippen LogP contribution in [0.1, 0.15) is 26.1 Å². The number of hydrogen-bond acceptors (Lipinski definition) is 4. The lowest BCUT2D eigenvalue weighted by Gasteiger charge is -2.24. The Morgan fingerprint density at radius 1 is 1.53 bits per heavy atom. The van der Waals surface area contributed by atoms with Crippen molar-refractivity contribution in [3.05, 3.63) is 12.0 Å². The second-order valence-electron chi connectivity index (χ2n) is 4.18. The molecule has 0 atom stereocenters. The summed E-state index contributed by atoms with van der Waals surface area (Å²) in [5, 5.41) is 0.140. The van der Waals surface area contributed by atoms with Crippen LogP contribution in [0.25, 0.3) is 0 Å². The molecule has 0 aliphatic rings. The number of aryl methyl sites for hydroxylation is 1. The molecule has 3 N–H and O–H groups in total. The Labute approximate surface area is 102 Å². The van der Waals surface area contributed by atoms with E-state index in [1.165, 1.54) is 10.5 Å². The van der Waals surface area contributed by atoms with Gasteiger partial charge in [-0.2, -0.15) is 4.31 Å². The van der Waals surface area contributed by atoms with Gasteiger partial charge in [0.1, 0.15) is 5.82 Å². The van der Waals surface area contributed by atoms with Gasteiger partial charge in [-0.15, -0.1) is 0 Å². The molecule has 1 heterocycles. The van der Waals surface area contributed by atoms with Crippen LogP contribution in [0.5, 0.6) is 0 Å². The van der Waals surface area contributed by atoms with Crippen molar-refractivity contribution < 1.29 is 8.42 Å². The average Bonchev–Trinajstić information content (AvgIpc) is 2.65. The number of rotatable bonds is 6. The second kappa shape index (κ2) is 5.61. The molecule has 0 unspecified atom stereocenters. The molecule has 0 aliphatic carbocycles. The summed E-state index contributed by atoms with van der Waals surface area (Å²) in [7, 11) is -3.49. The van der Waals surface area contributed by atoms with Crippen molar-refractivity contribution in [3.63, 3.8) is 0 Å². The van der Waals surface area contributed by atoms with E-state index in [0.717, 1.165) is 0 Å². The van der Waals surface area contributed by atoms with Gasteiger partial charge in [0, 0.05) is 12.6 Å². The van der Waals surface area contributed by atoms with E-state index < -0.39 is 10.0 Å². The van der Waals surface area contributed by atoms with Crippen LogP contribution in [0.15, 0.2) is 11.2 Å². The molecule has 1 aromatic heterocycles. The highest BCUT2D eigenvalue weighted by atomic mass is 32.2. The summed E-state index contributed by atoms with van der Waals surface area (Å²) >= 11 is 0. The molecule has 0 aromatic carbocycles. The Morgan fingerprint density at radius 3 is 2.59 bits per heavy atom. The van der Waals surface area contributed by atoms with E-state index in [-0.39, 0.29) is 11.1 Å². The van der Waals surface area contributed by atoms with Crippen LogP contribution in [-0.4, -0.2) is 41.8 Å². The molecule has 0 radical (unpaired) electrons. The van der Waals surface area contributed by atoms with E-state index in [2.05, 4.69) is 9.97 Å². The number of aromatic amines is 1. The van der Waals surface area contributed by atoms with Crippen molar-refractivity contribution in [1.29, 1.82) is 0 Å². The van der Waals surface area contributed by atoms with E-state index in [4.69, 9.17) is 5.73 Å². The first-order valence-corrected chi connectivity index (χ1v) is 7.07. The monoisotopic (exact) mass is 260 g/mol. The minimum atomic E-state index is -3.49. The highest BCUT2D eigenvalue weighted by Crippen LogP contribution is 2.16. The summed E-state index contributed by atoms with van der Waals surface area (Å²) in [6, 6.07) is -0.102. The van der Waals surface area contributed by atoms with Gasteiger partial charge in [-0.1, -0.05) is 0 Å². The minimum absolute atomic E-state index is 0.102. The predicted octanol–water partition coefficient (Wildman–Crippen LogP) is 0.466. The summed E-state index contributed by atoms with van der Waals surface area (Å²) < 4.78 is 26.1. The Morgan fingerprint density at radius 2 is 2.18 bits per heavy atom. The van der Waals surface area contributed by atoms with Gasteiger partial charge in [0.2, 0.25) is 0 Å². The fourth-order valence-electron chi connectivity index (χ4n) is 1.56. The van der Waals surface area contributed by atoms with E-state index in [1.54, 1.807) is 6.92 Å². The molecule has 0 saturated carbocycles. The van der Waals surface area contributed by atoms with Crippen molar-refractivity contribution in [2.24, 2.45) is 5.73 Å². The van der Waals surface area contributed by atoms with Crippen molar-refractivity contribution in [2.75, 3.05) is 13.1 Å². The lowest BCUT2D eigenvalue weighted by atomic mass is 10.3. The Balaban J connectivity index is 3.00. The highest BCUT2D eigenvalue weighted by molar-refractivity contribution is 7.89. The third kappa shape index (κ3) is 3.27. The lowest BCUT2D eigenvalue weighted by molar-refractivity contribution is 0.350. The van der Waals surface area contributed by atoms with Crippen LogP contribution in [0, 0.1) is 6.92 Å². The van der Waals surface area contributed by atoms with Gasteiger partial charge in [0.15, 0.2) is 5.03 Å². The van der Waals surface area contributed by atoms with Gasteiger partial charge >= 0.3 is 0 Å². The molecule has 98 valence electrons. The van der Waals surface area contributed by atoms with Crippen LogP contribution in [0.3, 0.4) is 0 Å². The maximum absolute atomic E-state index is 12.3. The predicted molar refractivity (Wildman–Crippen MR) is 66.0 cm³/mol. The number of imidazole rings is 1. The highest BCUT2D eigenvalue weighted by Gasteiger charge is 2.27. The molecule has 0 saturated heterocycles. The number of hydrogen-bond donors (Lipinski definition) is 2. The normalized spacial score (nSPS) is 12.6. The first kappa shape index (κ1) is 14.1. The van der Waals surface area contributed by atoms with Gasteiger partial charge in [-0.05, 0) is 33.7 Å². The van der Waals surface area contributed by atoms with Crippen LogP contribution < -0.4 is 5.73 Å². The average molecular weight is 260 g/mol. The first-order chi connectivity index (χ1) is 7.89. The second-order valence-corrected chi connectivity index (χ2v) is 6.04. The van der Waals surface area contributed by atoms with Gasteiger partial charge in [0.05, 0.1) is 6.20 Å². The molecule has 1 rings (SSSR count). The zero-order chi connectivity index (χ0) is 13.1. The molecular formula is C10H20N4O2S. The first-order valence-electron chi connectivity index (χ1n) is 5.63. The number of aromatic nitrogens is 2. The van der Waals surface area contributed by atoms with E-state index in [1.807, 2.05) is 13.8 Å². The lowest BCUT2D eigenvalue weighted by Crippen LogP contribution is -2.38. The molecule has 0 spiro atoms. The third-order valence-electron chi connectivity index (χ3n) is 2.42. The zero-order valence-electron chi connectivity index (χ0n) is 10.5. The Hall–Kier alpha value is -0.920. The van der Waals surface area contributed by atoms with Crippen LogP contribution in [0.4, 0.5) is 0 Å². The topological polar surface area (TPSA) is 92.1 Å². The molecule has 6 nitrogen and oxygen atoms in total. The molecule has 0 aliphatic heterocycles. The smallest absolute Gasteiger partial charge is 0.260 e. The number of nitrogens with one attached hydrogen (secondary N) is 1.